The molecule has 0 atom stereocenters. The van der Waals surface area contributed by atoms with E-state index in [0.29, 0.717) is 13.1 Å². The molecule has 1 saturated heterocycles. The summed E-state index contributed by atoms with van der Waals surface area (Å²) in [5.74, 6) is 0.776. The minimum absolute atomic E-state index is 0.0716. The van der Waals surface area contributed by atoms with Gasteiger partial charge in [-0.05, 0) is 61.7 Å². The van der Waals surface area contributed by atoms with E-state index in [0.717, 1.165) is 18.8 Å². The number of hydrogen-bond acceptors (Lipinski definition) is 3. The van der Waals surface area contributed by atoms with E-state index in [4.69, 9.17) is 4.74 Å². The highest BCUT2D eigenvalue weighted by Gasteiger charge is 2.21. The van der Waals surface area contributed by atoms with Crippen molar-refractivity contribution in [2.24, 2.45) is 0 Å². The van der Waals surface area contributed by atoms with Gasteiger partial charge in [0, 0.05) is 31.9 Å². The fraction of sp³-hybridized carbons (Fsp3) is 0.381. The molecular weight excluding hydrogens is 326 g/mol. The Kier molecular flexibility index (Phi) is 5.66. The Hall–Kier alpha value is -2.69. The highest BCUT2D eigenvalue weighted by molar-refractivity contribution is 5.74. The van der Waals surface area contributed by atoms with Gasteiger partial charge in [-0.25, -0.2) is 4.79 Å². The summed E-state index contributed by atoms with van der Waals surface area (Å²) in [7, 11) is 0. The molecule has 5 heteroatoms. The molecule has 1 N–H and O–H groups in total. The van der Waals surface area contributed by atoms with E-state index in [1.807, 2.05) is 23.1 Å². The van der Waals surface area contributed by atoms with E-state index < -0.39 is 0 Å². The SMILES string of the molecule is Cc1cccc(N2CCN(C(=O)NCOc3ccc(C)c(C)c3)CC2)c1. The van der Waals surface area contributed by atoms with Gasteiger partial charge in [-0.1, -0.05) is 18.2 Å². The van der Waals surface area contributed by atoms with E-state index >= 15 is 0 Å². The molecule has 138 valence electrons. The van der Waals surface area contributed by atoms with Gasteiger partial charge in [-0.2, -0.15) is 0 Å². The normalized spacial score (nSPS) is 14.3. The molecule has 26 heavy (non-hydrogen) atoms. The van der Waals surface area contributed by atoms with Crippen molar-refractivity contribution in [2.45, 2.75) is 20.8 Å². The van der Waals surface area contributed by atoms with Gasteiger partial charge < -0.3 is 19.9 Å². The van der Waals surface area contributed by atoms with Gasteiger partial charge in [-0.15, -0.1) is 0 Å². The average molecular weight is 353 g/mol. The van der Waals surface area contributed by atoms with Crippen molar-refractivity contribution in [3.05, 3.63) is 59.2 Å². The van der Waals surface area contributed by atoms with E-state index in [1.54, 1.807) is 0 Å². The predicted octanol–water partition coefficient (Wildman–Crippen LogP) is 3.48. The van der Waals surface area contributed by atoms with Gasteiger partial charge in [-0.3, -0.25) is 0 Å². The van der Waals surface area contributed by atoms with E-state index in [9.17, 15) is 4.79 Å². The quantitative estimate of drug-likeness (QED) is 0.856. The number of anilines is 1. The number of ether oxygens (including phenoxy) is 1. The molecule has 3 rings (SSSR count). The van der Waals surface area contributed by atoms with Crippen LogP contribution >= 0.6 is 0 Å². The first-order valence-electron chi connectivity index (χ1n) is 9.07. The number of piperazine rings is 1. The van der Waals surface area contributed by atoms with Gasteiger partial charge in [0.25, 0.3) is 0 Å². The Balaban J connectivity index is 1.44. The van der Waals surface area contributed by atoms with Crippen LogP contribution in [0.1, 0.15) is 16.7 Å². The summed E-state index contributed by atoms with van der Waals surface area (Å²) in [6.45, 7) is 9.50. The number of benzene rings is 2. The fourth-order valence-corrected chi connectivity index (χ4v) is 3.09. The molecule has 1 heterocycles. The Morgan fingerprint density at radius 1 is 1.00 bits per heavy atom. The number of hydrogen-bond donors (Lipinski definition) is 1. The molecule has 1 aliphatic rings. The number of amides is 2. The third-order valence-corrected chi connectivity index (χ3v) is 4.87. The number of carbonyl (C=O) groups is 1. The number of nitrogens with one attached hydrogen (secondary N) is 1. The summed E-state index contributed by atoms with van der Waals surface area (Å²) >= 11 is 0. The molecule has 0 bridgehead atoms. The third kappa shape index (κ3) is 4.48. The Labute approximate surface area is 155 Å². The predicted molar refractivity (Wildman–Crippen MR) is 105 cm³/mol. The van der Waals surface area contributed by atoms with Gasteiger partial charge in [0.1, 0.15) is 5.75 Å². The van der Waals surface area contributed by atoms with Crippen LogP contribution in [-0.4, -0.2) is 43.8 Å². The van der Waals surface area contributed by atoms with Gasteiger partial charge >= 0.3 is 6.03 Å². The summed E-state index contributed by atoms with van der Waals surface area (Å²) in [6, 6.07) is 14.4. The maximum Gasteiger partial charge on any atom is 0.320 e. The lowest BCUT2D eigenvalue weighted by Crippen LogP contribution is -2.52. The summed E-state index contributed by atoms with van der Waals surface area (Å²) < 4.78 is 5.64. The van der Waals surface area contributed by atoms with Crippen LogP contribution in [0, 0.1) is 20.8 Å². The zero-order chi connectivity index (χ0) is 18.5. The minimum Gasteiger partial charge on any atom is -0.473 e. The van der Waals surface area contributed by atoms with Crippen molar-refractivity contribution in [3.8, 4) is 5.75 Å². The topological polar surface area (TPSA) is 44.8 Å². The van der Waals surface area contributed by atoms with Gasteiger partial charge in [0.15, 0.2) is 6.73 Å². The minimum atomic E-state index is -0.0716. The van der Waals surface area contributed by atoms with Gasteiger partial charge in [0.2, 0.25) is 0 Å². The number of nitrogens with zero attached hydrogens (tertiary/aromatic N) is 2. The first-order chi connectivity index (χ1) is 12.5. The van der Waals surface area contributed by atoms with Crippen molar-refractivity contribution >= 4 is 11.7 Å². The van der Waals surface area contributed by atoms with Crippen LogP contribution in [0.3, 0.4) is 0 Å². The summed E-state index contributed by atoms with van der Waals surface area (Å²) in [5.41, 5.74) is 4.89. The molecule has 2 aromatic carbocycles. The third-order valence-electron chi connectivity index (χ3n) is 4.87. The number of urea groups is 1. The Bertz CT molecular complexity index is 768. The van der Waals surface area contributed by atoms with Crippen molar-refractivity contribution in [1.29, 1.82) is 0 Å². The summed E-state index contributed by atoms with van der Waals surface area (Å²) in [6.07, 6.45) is 0. The lowest BCUT2D eigenvalue weighted by molar-refractivity contribution is 0.181. The van der Waals surface area contributed by atoms with Gasteiger partial charge in [0.05, 0.1) is 0 Å². The molecule has 0 aromatic heterocycles. The molecule has 0 radical (unpaired) electrons. The molecule has 1 fully saturated rings. The zero-order valence-corrected chi connectivity index (χ0v) is 15.8. The maximum absolute atomic E-state index is 12.3. The number of carbonyl (C=O) groups excluding carboxylic acids is 1. The van der Waals surface area contributed by atoms with Crippen molar-refractivity contribution in [1.82, 2.24) is 10.2 Å². The second kappa shape index (κ2) is 8.13. The second-order valence-corrected chi connectivity index (χ2v) is 6.83. The molecule has 0 unspecified atom stereocenters. The van der Waals surface area contributed by atoms with Crippen LogP contribution in [0.2, 0.25) is 0 Å². The van der Waals surface area contributed by atoms with Crippen LogP contribution in [-0.2, 0) is 0 Å². The van der Waals surface area contributed by atoms with Crippen LogP contribution in [0.4, 0.5) is 10.5 Å². The first kappa shape index (κ1) is 18.1. The Morgan fingerprint density at radius 2 is 1.77 bits per heavy atom. The van der Waals surface area contributed by atoms with Crippen molar-refractivity contribution < 1.29 is 9.53 Å². The molecule has 0 saturated carbocycles. The summed E-state index contributed by atoms with van der Waals surface area (Å²) in [5, 5.41) is 2.84. The molecular formula is C21H27N3O2. The van der Waals surface area contributed by atoms with Crippen LogP contribution in [0.25, 0.3) is 0 Å². The highest BCUT2D eigenvalue weighted by Crippen LogP contribution is 2.18. The first-order valence-corrected chi connectivity index (χ1v) is 9.07. The Morgan fingerprint density at radius 3 is 2.46 bits per heavy atom. The number of aryl methyl sites for hydroxylation is 3. The lowest BCUT2D eigenvalue weighted by Gasteiger charge is -2.36. The molecule has 2 amide bonds. The lowest BCUT2D eigenvalue weighted by atomic mass is 10.1. The standard InChI is InChI=1S/C21H27N3O2/c1-16-5-4-6-19(13-16)23-9-11-24(12-10-23)21(25)22-15-26-20-8-7-17(2)18(3)14-20/h4-8,13-14H,9-12,15H2,1-3H3,(H,22,25). The molecule has 0 aliphatic carbocycles. The monoisotopic (exact) mass is 353 g/mol. The average Bonchev–Trinajstić information content (AvgIpc) is 2.65. The summed E-state index contributed by atoms with van der Waals surface area (Å²) in [4.78, 5) is 16.5. The highest BCUT2D eigenvalue weighted by atomic mass is 16.5. The second-order valence-electron chi connectivity index (χ2n) is 6.83. The number of rotatable bonds is 4. The van der Waals surface area contributed by atoms with E-state index in [2.05, 4.69) is 55.3 Å². The fourth-order valence-electron chi connectivity index (χ4n) is 3.09. The molecule has 0 spiro atoms. The molecule has 5 nitrogen and oxygen atoms in total. The van der Waals surface area contributed by atoms with Crippen LogP contribution in [0.5, 0.6) is 5.75 Å². The smallest absolute Gasteiger partial charge is 0.320 e. The molecule has 2 aromatic rings. The zero-order valence-electron chi connectivity index (χ0n) is 15.8. The maximum atomic E-state index is 12.3. The van der Waals surface area contributed by atoms with Crippen molar-refractivity contribution in [3.63, 3.8) is 0 Å². The molecule has 1 aliphatic heterocycles. The van der Waals surface area contributed by atoms with Crippen LogP contribution in [0.15, 0.2) is 42.5 Å². The van der Waals surface area contributed by atoms with E-state index in [1.165, 1.54) is 22.4 Å². The van der Waals surface area contributed by atoms with Crippen LogP contribution < -0.4 is 15.0 Å². The van der Waals surface area contributed by atoms with E-state index in [-0.39, 0.29) is 12.8 Å². The van der Waals surface area contributed by atoms with Crippen molar-refractivity contribution in [2.75, 3.05) is 37.8 Å². The largest absolute Gasteiger partial charge is 0.473 e.